The van der Waals surface area contributed by atoms with Crippen LogP contribution in [0.4, 0.5) is 0 Å². The maximum Gasteiger partial charge on any atom is 0.0931 e. The van der Waals surface area contributed by atoms with E-state index < -0.39 is 0 Å². The molecule has 17 heavy (non-hydrogen) atoms. The molecule has 0 spiro atoms. The first kappa shape index (κ1) is 12.0. The maximum atomic E-state index is 8.77. The van der Waals surface area contributed by atoms with Gasteiger partial charge in [0.05, 0.1) is 24.0 Å². The molecule has 1 heterocycles. The second-order valence-corrected chi connectivity index (χ2v) is 4.15. The standard InChI is InChI=1S/C12H18N4O/c13-10(7-17)6-14-4-3-9-1-2-11-12(5-9)16-8-15-11/h1-2,5,8,10,14,17H,3-4,6-7,13H2,(H,15,16). The monoisotopic (exact) mass is 234 g/mol. The number of benzene rings is 1. The number of fused-ring (bicyclic) bond motifs is 1. The summed E-state index contributed by atoms with van der Waals surface area (Å²) in [5.41, 5.74) is 8.90. The Bertz CT molecular complexity index is 468. The molecule has 0 saturated heterocycles. The van der Waals surface area contributed by atoms with E-state index in [1.54, 1.807) is 6.33 Å². The van der Waals surface area contributed by atoms with E-state index in [9.17, 15) is 0 Å². The molecule has 0 aliphatic heterocycles. The minimum Gasteiger partial charge on any atom is -0.395 e. The van der Waals surface area contributed by atoms with Crippen LogP contribution in [-0.4, -0.2) is 40.8 Å². The Morgan fingerprint density at radius 3 is 3.18 bits per heavy atom. The van der Waals surface area contributed by atoms with E-state index in [0.717, 1.165) is 24.0 Å². The second-order valence-electron chi connectivity index (χ2n) is 4.15. The van der Waals surface area contributed by atoms with Gasteiger partial charge in [-0.25, -0.2) is 4.98 Å². The summed E-state index contributed by atoms with van der Waals surface area (Å²) in [6.45, 7) is 1.52. The van der Waals surface area contributed by atoms with E-state index in [2.05, 4.69) is 27.4 Å². The zero-order valence-electron chi connectivity index (χ0n) is 9.69. The molecule has 5 N–H and O–H groups in total. The largest absolute Gasteiger partial charge is 0.395 e. The first-order chi connectivity index (χ1) is 8.29. The molecule has 2 aromatic rings. The molecule has 1 aromatic heterocycles. The number of imidazole rings is 1. The van der Waals surface area contributed by atoms with Crippen molar-refractivity contribution in [3.05, 3.63) is 30.1 Å². The zero-order valence-corrected chi connectivity index (χ0v) is 9.69. The summed E-state index contributed by atoms with van der Waals surface area (Å²) in [5, 5.41) is 12.0. The smallest absolute Gasteiger partial charge is 0.0931 e. The van der Waals surface area contributed by atoms with Crippen molar-refractivity contribution in [1.29, 1.82) is 0 Å². The van der Waals surface area contributed by atoms with Crippen LogP contribution in [0.3, 0.4) is 0 Å². The highest BCUT2D eigenvalue weighted by molar-refractivity contribution is 5.74. The summed E-state index contributed by atoms with van der Waals surface area (Å²) in [4.78, 5) is 7.27. The number of nitrogens with zero attached hydrogens (tertiary/aromatic N) is 1. The van der Waals surface area contributed by atoms with Gasteiger partial charge in [-0.05, 0) is 30.7 Å². The number of aromatic nitrogens is 2. The van der Waals surface area contributed by atoms with Gasteiger partial charge >= 0.3 is 0 Å². The third kappa shape index (κ3) is 3.26. The molecule has 0 amide bonds. The molecule has 1 aromatic carbocycles. The van der Waals surface area contributed by atoms with Gasteiger partial charge in [0, 0.05) is 12.6 Å². The summed E-state index contributed by atoms with van der Waals surface area (Å²) in [6.07, 6.45) is 2.64. The molecule has 1 atom stereocenters. The molecular formula is C12H18N4O. The summed E-state index contributed by atoms with van der Waals surface area (Å²) < 4.78 is 0. The van der Waals surface area contributed by atoms with E-state index in [1.807, 2.05) is 6.07 Å². The van der Waals surface area contributed by atoms with Gasteiger partial charge in [0.1, 0.15) is 0 Å². The van der Waals surface area contributed by atoms with Gasteiger partial charge in [-0.2, -0.15) is 0 Å². The number of nitrogens with one attached hydrogen (secondary N) is 2. The van der Waals surface area contributed by atoms with E-state index in [1.165, 1.54) is 5.56 Å². The fourth-order valence-electron chi connectivity index (χ4n) is 1.72. The topological polar surface area (TPSA) is 87.0 Å². The average molecular weight is 234 g/mol. The molecular weight excluding hydrogens is 216 g/mol. The first-order valence-corrected chi connectivity index (χ1v) is 5.79. The Morgan fingerprint density at radius 1 is 1.47 bits per heavy atom. The van der Waals surface area contributed by atoms with Crippen LogP contribution in [0.15, 0.2) is 24.5 Å². The van der Waals surface area contributed by atoms with E-state index in [0.29, 0.717) is 6.54 Å². The Kier molecular flexibility index (Phi) is 4.08. The molecule has 0 fully saturated rings. The molecule has 0 aliphatic carbocycles. The fraction of sp³-hybridized carbons (Fsp3) is 0.417. The Balaban J connectivity index is 1.82. The molecule has 5 heteroatoms. The molecule has 5 nitrogen and oxygen atoms in total. The molecule has 0 saturated carbocycles. The molecule has 0 radical (unpaired) electrons. The number of hydrogen-bond acceptors (Lipinski definition) is 4. The number of H-pyrrole nitrogens is 1. The summed E-state index contributed by atoms with van der Waals surface area (Å²) in [7, 11) is 0. The van der Waals surface area contributed by atoms with Crippen LogP contribution >= 0.6 is 0 Å². The van der Waals surface area contributed by atoms with Gasteiger partial charge in [-0.3, -0.25) is 0 Å². The van der Waals surface area contributed by atoms with Crippen LogP contribution < -0.4 is 11.1 Å². The fourth-order valence-corrected chi connectivity index (χ4v) is 1.72. The highest BCUT2D eigenvalue weighted by Crippen LogP contribution is 2.11. The van der Waals surface area contributed by atoms with Gasteiger partial charge in [-0.1, -0.05) is 6.07 Å². The summed E-state index contributed by atoms with van der Waals surface area (Å²) in [5.74, 6) is 0. The number of aliphatic hydroxyl groups excluding tert-OH is 1. The lowest BCUT2D eigenvalue weighted by atomic mass is 10.1. The lowest BCUT2D eigenvalue weighted by molar-refractivity contribution is 0.262. The summed E-state index contributed by atoms with van der Waals surface area (Å²) in [6, 6.07) is 6.03. The van der Waals surface area contributed by atoms with E-state index in [-0.39, 0.29) is 12.6 Å². The minimum absolute atomic E-state index is 0.0209. The highest BCUT2D eigenvalue weighted by Gasteiger charge is 2.00. The average Bonchev–Trinajstić information content (AvgIpc) is 2.81. The van der Waals surface area contributed by atoms with Crippen molar-refractivity contribution in [3.63, 3.8) is 0 Å². The third-order valence-corrected chi connectivity index (χ3v) is 2.72. The molecule has 1 unspecified atom stereocenters. The zero-order chi connectivity index (χ0) is 12.1. The first-order valence-electron chi connectivity index (χ1n) is 5.79. The van der Waals surface area contributed by atoms with Gasteiger partial charge in [0.25, 0.3) is 0 Å². The predicted molar refractivity (Wildman–Crippen MR) is 67.7 cm³/mol. The van der Waals surface area contributed by atoms with Crippen molar-refractivity contribution in [3.8, 4) is 0 Å². The molecule has 0 bridgehead atoms. The summed E-state index contributed by atoms with van der Waals surface area (Å²) >= 11 is 0. The van der Waals surface area contributed by atoms with E-state index in [4.69, 9.17) is 10.8 Å². The van der Waals surface area contributed by atoms with Gasteiger partial charge in [0.2, 0.25) is 0 Å². The van der Waals surface area contributed by atoms with Crippen molar-refractivity contribution in [1.82, 2.24) is 15.3 Å². The lowest BCUT2D eigenvalue weighted by Crippen LogP contribution is -2.37. The highest BCUT2D eigenvalue weighted by atomic mass is 16.3. The Morgan fingerprint density at radius 2 is 2.35 bits per heavy atom. The molecule has 2 rings (SSSR count). The Hall–Kier alpha value is -1.43. The molecule has 92 valence electrons. The second kappa shape index (κ2) is 5.77. The molecule has 0 aliphatic rings. The number of nitrogens with two attached hydrogens (primary N) is 1. The van der Waals surface area contributed by atoms with Crippen molar-refractivity contribution in [2.45, 2.75) is 12.5 Å². The van der Waals surface area contributed by atoms with Crippen LogP contribution in [0, 0.1) is 0 Å². The number of aromatic amines is 1. The van der Waals surface area contributed by atoms with E-state index >= 15 is 0 Å². The lowest BCUT2D eigenvalue weighted by Gasteiger charge is -2.09. The Labute approximate surface area is 100 Å². The van der Waals surface area contributed by atoms with Gasteiger partial charge in [0.15, 0.2) is 0 Å². The third-order valence-electron chi connectivity index (χ3n) is 2.72. The van der Waals surface area contributed by atoms with Crippen molar-refractivity contribution >= 4 is 11.0 Å². The van der Waals surface area contributed by atoms with Crippen LogP contribution in [0.25, 0.3) is 11.0 Å². The number of rotatable bonds is 6. The normalized spacial score (nSPS) is 13.1. The van der Waals surface area contributed by atoms with Gasteiger partial charge in [-0.15, -0.1) is 0 Å². The maximum absolute atomic E-state index is 8.77. The van der Waals surface area contributed by atoms with Gasteiger partial charge < -0.3 is 21.1 Å². The SMILES string of the molecule is NC(CO)CNCCc1ccc2nc[nH]c2c1. The van der Waals surface area contributed by atoms with Crippen molar-refractivity contribution in [2.75, 3.05) is 19.7 Å². The number of hydrogen-bond donors (Lipinski definition) is 4. The van der Waals surface area contributed by atoms with Crippen molar-refractivity contribution < 1.29 is 5.11 Å². The predicted octanol–water partition coefficient (Wildman–Crippen LogP) is 0.0146. The number of aliphatic hydroxyl groups is 1. The van der Waals surface area contributed by atoms with Crippen molar-refractivity contribution in [2.24, 2.45) is 5.73 Å². The minimum atomic E-state index is -0.176. The van der Waals surface area contributed by atoms with Crippen LogP contribution in [0.5, 0.6) is 0 Å². The van der Waals surface area contributed by atoms with Crippen LogP contribution in [0.1, 0.15) is 5.56 Å². The van der Waals surface area contributed by atoms with Crippen LogP contribution in [-0.2, 0) is 6.42 Å². The van der Waals surface area contributed by atoms with Crippen LogP contribution in [0.2, 0.25) is 0 Å². The quantitative estimate of drug-likeness (QED) is 0.530.